The summed E-state index contributed by atoms with van der Waals surface area (Å²) in [6, 6.07) is 1.02. The van der Waals surface area contributed by atoms with Crippen molar-refractivity contribution in [3.05, 3.63) is 11.8 Å². The van der Waals surface area contributed by atoms with Gasteiger partial charge in [-0.15, -0.1) is 0 Å². The van der Waals surface area contributed by atoms with Crippen LogP contribution in [0, 0.1) is 17.2 Å². The van der Waals surface area contributed by atoms with Gasteiger partial charge in [-0.1, -0.05) is 13.8 Å². The van der Waals surface area contributed by atoms with E-state index < -0.39 is 12.0 Å². The molecule has 0 bridgehead atoms. The van der Waals surface area contributed by atoms with Crippen LogP contribution >= 0.6 is 0 Å². The highest BCUT2D eigenvalue weighted by Crippen LogP contribution is 2.07. The molecule has 1 heterocycles. The maximum Gasteiger partial charge on any atom is 0.326 e. The fourth-order valence-electron chi connectivity index (χ4n) is 2.04. The number of rotatable bonds is 5. The lowest BCUT2D eigenvalue weighted by Crippen LogP contribution is -2.47. The van der Waals surface area contributed by atoms with Crippen LogP contribution in [0.25, 0.3) is 0 Å². The summed E-state index contributed by atoms with van der Waals surface area (Å²) in [4.78, 5) is 27.0. The Morgan fingerprint density at radius 1 is 1.29 bits per heavy atom. The summed E-state index contributed by atoms with van der Waals surface area (Å²) in [6.45, 7) is 6.19. The Balaban J connectivity index is 2.73. The number of nitriles is 1. The number of aliphatic carboxylic acids is 1. The predicted molar refractivity (Wildman–Crippen MR) is 77.2 cm³/mol. The van der Waals surface area contributed by atoms with Crippen molar-refractivity contribution in [1.29, 1.82) is 5.26 Å². The Morgan fingerprint density at radius 2 is 1.86 bits per heavy atom. The van der Waals surface area contributed by atoms with Crippen molar-refractivity contribution < 1.29 is 14.7 Å². The third-order valence-electron chi connectivity index (χ3n) is 3.48. The summed E-state index contributed by atoms with van der Waals surface area (Å²) in [7, 11) is 1.98. The quantitative estimate of drug-likeness (QED) is 0.541. The molecule has 1 saturated heterocycles. The molecule has 0 aromatic rings. The number of carboxylic acid groups (broad SMARTS) is 1. The second kappa shape index (κ2) is 7.64. The molecule has 1 aliphatic heterocycles. The van der Waals surface area contributed by atoms with Crippen molar-refractivity contribution in [2.24, 2.45) is 5.92 Å². The zero-order valence-corrected chi connectivity index (χ0v) is 12.7. The molecule has 116 valence electrons. The molecule has 1 unspecified atom stereocenters. The number of hydrogen-bond acceptors (Lipinski definition) is 5. The second-order valence-corrected chi connectivity index (χ2v) is 5.49. The van der Waals surface area contributed by atoms with Crippen molar-refractivity contribution in [3.8, 4) is 6.07 Å². The van der Waals surface area contributed by atoms with Gasteiger partial charge < -0.3 is 20.2 Å². The normalized spacial score (nSPS) is 18.2. The van der Waals surface area contributed by atoms with Crippen LogP contribution in [0.2, 0.25) is 0 Å². The molecular weight excluding hydrogens is 272 g/mol. The van der Waals surface area contributed by atoms with E-state index in [-0.39, 0.29) is 17.4 Å². The van der Waals surface area contributed by atoms with Gasteiger partial charge in [0.1, 0.15) is 17.7 Å². The molecule has 1 rings (SSSR count). The standard InChI is InChI=1S/C14H22N4O3/c1-10(2)12(14(20)21)16-9-11(8-15)13(19)18-6-4-17(3)5-7-18/h9-10,12,16H,4-7H2,1-3H3,(H,20,21)/b11-9-. The molecule has 2 N–H and O–H groups in total. The number of carbonyl (C=O) groups is 2. The van der Waals surface area contributed by atoms with Gasteiger partial charge in [0, 0.05) is 32.4 Å². The van der Waals surface area contributed by atoms with E-state index in [4.69, 9.17) is 10.4 Å². The van der Waals surface area contributed by atoms with Gasteiger partial charge in [0.2, 0.25) is 0 Å². The zero-order chi connectivity index (χ0) is 16.0. The molecule has 1 aliphatic rings. The average Bonchev–Trinajstić information content (AvgIpc) is 2.43. The monoisotopic (exact) mass is 294 g/mol. The summed E-state index contributed by atoms with van der Waals surface area (Å²) in [5.41, 5.74) is -0.0635. The molecule has 7 heteroatoms. The Kier molecular flexibility index (Phi) is 6.18. The zero-order valence-electron chi connectivity index (χ0n) is 12.7. The minimum atomic E-state index is -1.01. The molecule has 0 radical (unpaired) electrons. The smallest absolute Gasteiger partial charge is 0.326 e. The predicted octanol–water partition coefficient (Wildman–Crippen LogP) is -0.133. The number of amides is 1. The number of piperazine rings is 1. The van der Waals surface area contributed by atoms with Gasteiger partial charge in [0.15, 0.2) is 0 Å². The number of carbonyl (C=O) groups excluding carboxylic acids is 1. The van der Waals surface area contributed by atoms with Crippen LogP contribution in [-0.4, -0.2) is 66.1 Å². The van der Waals surface area contributed by atoms with Crippen LogP contribution in [0.15, 0.2) is 11.8 Å². The van der Waals surface area contributed by atoms with Crippen LogP contribution in [0.5, 0.6) is 0 Å². The lowest BCUT2D eigenvalue weighted by molar-refractivity contribution is -0.140. The van der Waals surface area contributed by atoms with Gasteiger partial charge in [-0.05, 0) is 13.0 Å². The molecule has 0 aliphatic carbocycles. The fourth-order valence-corrected chi connectivity index (χ4v) is 2.04. The maximum atomic E-state index is 12.2. The lowest BCUT2D eigenvalue weighted by atomic mass is 10.1. The minimum Gasteiger partial charge on any atom is -0.480 e. The Bertz CT molecular complexity index is 459. The van der Waals surface area contributed by atoms with E-state index in [0.717, 1.165) is 13.1 Å². The molecule has 1 fully saturated rings. The van der Waals surface area contributed by atoms with Crippen molar-refractivity contribution in [2.75, 3.05) is 33.2 Å². The highest BCUT2D eigenvalue weighted by Gasteiger charge is 2.24. The van der Waals surface area contributed by atoms with E-state index >= 15 is 0 Å². The van der Waals surface area contributed by atoms with E-state index in [0.29, 0.717) is 13.1 Å². The maximum absolute atomic E-state index is 12.2. The second-order valence-electron chi connectivity index (χ2n) is 5.49. The van der Waals surface area contributed by atoms with Crippen LogP contribution < -0.4 is 5.32 Å². The summed E-state index contributed by atoms with van der Waals surface area (Å²) in [6.07, 6.45) is 1.22. The molecule has 21 heavy (non-hydrogen) atoms. The fraction of sp³-hybridized carbons (Fsp3) is 0.643. The van der Waals surface area contributed by atoms with E-state index in [1.54, 1.807) is 18.7 Å². The molecule has 0 spiro atoms. The average molecular weight is 294 g/mol. The number of nitrogens with zero attached hydrogens (tertiary/aromatic N) is 3. The van der Waals surface area contributed by atoms with E-state index in [1.807, 2.05) is 13.1 Å². The van der Waals surface area contributed by atoms with Crippen molar-refractivity contribution in [3.63, 3.8) is 0 Å². The highest BCUT2D eigenvalue weighted by molar-refractivity contribution is 5.97. The highest BCUT2D eigenvalue weighted by atomic mass is 16.4. The summed E-state index contributed by atoms with van der Waals surface area (Å²) in [5.74, 6) is -1.52. The SMILES string of the molecule is CC(C)C(N/C=C(/C#N)C(=O)N1CCN(C)CC1)C(=O)O. The van der Waals surface area contributed by atoms with Crippen molar-refractivity contribution in [2.45, 2.75) is 19.9 Å². The van der Waals surface area contributed by atoms with Gasteiger partial charge >= 0.3 is 5.97 Å². The first-order valence-corrected chi connectivity index (χ1v) is 6.93. The first kappa shape index (κ1) is 17.0. The van der Waals surface area contributed by atoms with Gasteiger partial charge in [0.25, 0.3) is 5.91 Å². The molecular formula is C14H22N4O3. The molecule has 1 atom stereocenters. The molecule has 0 aromatic carbocycles. The van der Waals surface area contributed by atoms with Crippen LogP contribution in [0.1, 0.15) is 13.8 Å². The summed E-state index contributed by atoms with van der Waals surface area (Å²) >= 11 is 0. The topological polar surface area (TPSA) is 96.7 Å². The molecule has 1 amide bonds. The Morgan fingerprint density at radius 3 is 2.29 bits per heavy atom. The first-order chi connectivity index (χ1) is 9.86. The van der Waals surface area contributed by atoms with Gasteiger partial charge in [0.05, 0.1) is 0 Å². The van der Waals surface area contributed by atoms with E-state index in [2.05, 4.69) is 10.2 Å². The van der Waals surface area contributed by atoms with Crippen molar-refractivity contribution in [1.82, 2.24) is 15.1 Å². The lowest BCUT2D eigenvalue weighted by Gasteiger charge is -2.32. The summed E-state index contributed by atoms with van der Waals surface area (Å²) in [5, 5.41) is 20.8. The number of likely N-dealkylation sites (N-methyl/N-ethyl adjacent to an activating group) is 1. The van der Waals surface area contributed by atoms with Crippen molar-refractivity contribution >= 4 is 11.9 Å². The molecule has 0 aromatic heterocycles. The Hall–Kier alpha value is -2.07. The van der Waals surface area contributed by atoms with Crippen LogP contribution in [0.3, 0.4) is 0 Å². The van der Waals surface area contributed by atoms with E-state index in [9.17, 15) is 9.59 Å². The third kappa shape index (κ3) is 4.76. The van der Waals surface area contributed by atoms with Gasteiger partial charge in [-0.25, -0.2) is 4.79 Å². The van der Waals surface area contributed by atoms with Gasteiger partial charge in [-0.2, -0.15) is 5.26 Å². The van der Waals surface area contributed by atoms with Gasteiger partial charge in [-0.3, -0.25) is 4.79 Å². The minimum absolute atomic E-state index is 0.0635. The number of nitrogens with one attached hydrogen (secondary N) is 1. The third-order valence-corrected chi connectivity index (χ3v) is 3.48. The Labute approximate surface area is 124 Å². The summed E-state index contributed by atoms with van der Waals surface area (Å²) < 4.78 is 0. The van der Waals surface area contributed by atoms with Crippen LogP contribution in [-0.2, 0) is 9.59 Å². The van der Waals surface area contributed by atoms with Crippen LogP contribution in [0.4, 0.5) is 0 Å². The molecule has 0 saturated carbocycles. The van der Waals surface area contributed by atoms with E-state index in [1.165, 1.54) is 6.20 Å². The number of carboxylic acids is 1. The largest absolute Gasteiger partial charge is 0.480 e. The molecule has 7 nitrogen and oxygen atoms in total. The first-order valence-electron chi connectivity index (χ1n) is 6.93. The number of hydrogen-bond donors (Lipinski definition) is 2.